The predicted molar refractivity (Wildman–Crippen MR) is 94.3 cm³/mol. The lowest BCUT2D eigenvalue weighted by Crippen LogP contribution is -2.11. The third kappa shape index (κ3) is 6.06. The first-order chi connectivity index (χ1) is 11.7. The summed E-state index contributed by atoms with van der Waals surface area (Å²) in [7, 11) is 0. The second-order valence-corrected chi connectivity index (χ2v) is 6.61. The minimum atomic E-state index is -0.499. The van der Waals surface area contributed by atoms with Crippen molar-refractivity contribution >= 4 is 11.7 Å². The molecule has 1 atom stereocenters. The number of oxime groups is 1. The molecule has 132 valence electrons. The monoisotopic (exact) mass is 333 g/mol. The van der Waals surface area contributed by atoms with Gasteiger partial charge in [-0.05, 0) is 37.3 Å². The zero-order chi connectivity index (χ0) is 17.2. The average Bonchev–Trinajstić information content (AvgIpc) is 3.02. The lowest BCUT2D eigenvalue weighted by Gasteiger charge is -2.10. The van der Waals surface area contributed by atoms with Crippen molar-refractivity contribution in [1.82, 2.24) is 0 Å². The standard InChI is InChI=1S/C20H28FNO2/c1-2-3-4-5-6-10-16-12-9-14-19(16)22-24-20(23)15-17-11-7-8-13-18(17)21/h7-8,11,13,16H,2-6,9-10,12,14-15H2,1H3. The molecule has 1 aromatic rings. The highest BCUT2D eigenvalue weighted by Gasteiger charge is 2.23. The summed E-state index contributed by atoms with van der Waals surface area (Å²) in [6.07, 6.45) is 10.6. The third-order valence-electron chi connectivity index (χ3n) is 4.67. The first-order valence-corrected chi connectivity index (χ1v) is 9.20. The first kappa shape index (κ1) is 18.6. The number of carbonyl (C=O) groups excluding carboxylic acids is 1. The second-order valence-electron chi connectivity index (χ2n) is 6.61. The summed E-state index contributed by atoms with van der Waals surface area (Å²) >= 11 is 0. The zero-order valence-electron chi connectivity index (χ0n) is 14.6. The summed E-state index contributed by atoms with van der Waals surface area (Å²) in [5, 5.41) is 4.09. The van der Waals surface area contributed by atoms with Crippen molar-refractivity contribution in [1.29, 1.82) is 0 Å². The van der Waals surface area contributed by atoms with E-state index in [1.54, 1.807) is 18.2 Å². The van der Waals surface area contributed by atoms with Crippen LogP contribution >= 0.6 is 0 Å². The van der Waals surface area contributed by atoms with Crippen LogP contribution in [0.3, 0.4) is 0 Å². The van der Waals surface area contributed by atoms with E-state index in [0.717, 1.165) is 31.4 Å². The van der Waals surface area contributed by atoms with Gasteiger partial charge in [-0.15, -0.1) is 0 Å². The Hall–Kier alpha value is -1.71. The van der Waals surface area contributed by atoms with Crippen LogP contribution < -0.4 is 0 Å². The van der Waals surface area contributed by atoms with E-state index in [-0.39, 0.29) is 12.2 Å². The number of hydrogen-bond donors (Lipinski definition) is 0. The molecule has 3 nitrogen and oxygen atoms in total. The van der Waals surface area contributed by atoms with Gasteiger partial charge in [0.05, 0.1) is 12.1 Å². The van der Waals surface area contributed by atoms with Gasteiger partial charge >= 0.3 is 5.97 Å². The molecule has 1 aliphatic carbocycles. The van der Waals surface area contributed by atoms with Crippen LogP contribution in [0, 0.1) is 11.7 Å². The van der Waals surface area contributed by atoms with E-state index < -0.39 is 5.97 Å². The summed E-state index contributed by atoms with van der Waals surface area (Å²) in [4.78, 5) is 16.9. The van der Waals surface area contributed by atoms with Crippen LogP contribution in [0.5, 0.6) is 0 Å². The molecule has 0 saturated heterocycles. The summed E-state index contributed by atoms with van der Waals surface area (Å²) in [5.41, 5.74) is 1.36. The van der Waals surface area contributed by atoms with E-state index in [2.05, 4.69) is 12.1 Å². The molecule has 1 fully saturated rings. The van der Waals surface area contributed by atoms with Crippen LogP contribution in [0.2, 0.25) is 0 Å². The maximum atomic E-state index is 13.5. The summed E-state index contributed by atoms with van der Waals surface area (Å²) < 4.78 is 13.5. The maximum absolute atomic E-state index is 13.5. The molecular formula is C20H28FNO2. The normalized spacial score (nSPS) is 18.9. The minimum absolute atomic E-state index is 0.0782. The average molecular weight is 333 g/mol. The number of halogens is 1. The van der Waals surface area contributed by atoms with Crippen LogP contribution in [-0.4, -0.2) is 11.7 Å². The highest BCUT2D eigenvalue weighted by molar-refractivity contribution is 5.88. The molecular weight excluding hydrogens is 305 g/mol. The fourth-order valence-corrected chi connectivity index (χ4v) is 3.26. The van der Waals surface area contributed by atoms with Gasteiger partial charge in [0.15, 0.2) is 0 Å². The van der Waals surface area contributed by atoms with Crippen molar-refractivity contribution in [2.75, 3.05) is 0 Å². The molecule has 1 unspecified atom stereocenters. The molecule has 1 aliphatic rings. The molecule has 1 saturated carbocycles. The number of rotatable bonds is 9. The van der Waals surface area contributed by atoms with Crippen molar-refractivity contribution in [3.05, 3.63) is 35.6 Å². The molecule has 2 rings (SSSR count). The van der Waals surface area contributed by atoms with E-state index in [1.807, 2.05) is 0 Å². The number of carbonyl (C=O) groups is 1. The summed E-state index contributed by atoms with van der Waals surface area (Å²) in [5.74, 6) is -0.429. The Labute approximate surface area is 144 Å². The van der Waals surface area contributed by atoms with E-state index in [0.29, 0.717) is 11.5 Å². The highest BCUT2D eigenvalue weighted by atomic mass is 19.1. The van der Waals surface area contributed by atoms with Gasteiger partial charge in [-0.25, -0.2) is 9.18 Å². The Bertz CT molecular complexity index is 556. The molecule has 0 heterocycles. The van der Waals surface area contributed by atoms with Gasteiger partial charge in [-0.2, -0.15) is 0 Å². The van der Waals surface area contributed by atoms with Crippen LogP contribution in [0.25, 0.3) is 0 Å². The molecule has 0 spiro atoms. The van der Waals surface area contributed by atoms with E-state index in [4.69, 9.17) is 4.84 Å². The predicted octanol–water partition coefficient (Wildman–Crippen LogP) is 5.43. The summed E-state index contributed by atoms with van der Waals surface area (Å²) in [6.45, 7) is 2.22. The molecule has 0 bridgehead atoms. The number of unbranched alkanes of at least 4 members (excludes halogenated alkanes) is 4. The fourth-order valence-electron chi connectivity index (χ4n) is 3.26. The van der Waals surface area contributed by atoms with Gasteiger partial charge in [-0.1, -0.05) is 62.4 Å². The third-order valence-corrected chi connectivity index (χ3v) is 4.67. The maximum Gasteiger partial charge on any atom is 0.339 e. The Balaban J connectivity index is 1.77. The van der Waals surface area contributed by atoms with Crippen LogP contribution in [-0.2, 0) is 16.1 Å². The molecule has 0 amide bonds. The smallest absolute Gasteiger partial charge is 0.318 e. The lowest BCUT2D eigenvalue weighted by molar-refractivity contribution is -0.142. The van der Waals surface area contributed by atoms with E-state index >= 15 is 0 Å². The van der Waals surface area contributed by atoms with Gasteiger partial charge in [0.2, 0.25) is 0 Å². The lowest BCUT2D eigenvalue weighted by atomic mass is 9.98. The van der Waals surface area contributed by atoms with Crippen molar-refractivity contribution < 1.29 is 14.0 Å². The summed E-state index contributed by atoms with van der Waals surface area (Å²) in [6, 6.07) is 6.26. The Morgan fingerprint density at radius 2 is 2.04 bits per heavy atom. The number of hydrogen-bond acceptors (Lipinski definition) is 3. The molecule has 4 heteroatoms. The van der Waals surface area contributed by atoms with Gasteiger partial charge in [0.1, 0.15) is 5.82 Å². The van der Waals surface area contributed by atoms with Crippen molar-refractivity contribution in [3.63, 3.8) is 0 Å². The number of benzene rings is 1. The Morgan fingerprint density at radius 1 is 1.25 bits per heavy atom. The Morgan fingerprint density at radius 3 is 2.83 bits per heavy atom. The van der Waals surface area contributed by atoms with Gasteiger partial charge in [0.25, 0.3) is 0 Å². The van der Waals surface area contributed by atoms with Crippen molar-refractivity contribution in [3.8, 4) is 0 Å². The van der Waals surface area contributed by atoms with Gasteiger partial charge in [-0.3, -0.25) is 0 Å². The van der Waals surface area contributed by atoms with Gasteiger partial charge < -0.3 is 4.84 Å². The molecule has 1 aromatic carbocycles. The van der Waals surface area contributed by atoms with Crippen LogP contribution in [0.15, 0.2) is 29.4 Å². The van der Waals surface area contributed by atoms with Crippen molar-refractivity contribution in [2.45, 2.75) is 71.1 Å². The van der Waals surface area contributed by atoms with Crippen LogP contribution in [0.1, 0.15) is 70.3 Å². The first-order valence-electron chi connectivity index (χ1n) is 9.20. The quantitative estimate of drug-likeness (QED) is 0.343. The zero-order valence-corrected chi connectivity index (χ0v) is 14.6. The van der Waals surface area contributed by atoms with Crippen LogP contribution in [0.4, 0.5) is 4.39 Å². The molecule has 0 radical (unpaired) electrons. The fraction of sp³-hybridized carbons (Fsp3) is 0.600. The number of nitrogens with zero attached hydrogens (tertiary/aromatic N) is 1. The van der Waals surface area contributed by atoms with E-state index in [9.17, 15) is 9.18 Å². The SMILES string of the molecule is CCCCCCCC1CCCC1=NOC(=O)Cc1ccccc1F. The second kappa shape index (κ2) is 10.2. The largest absolute Gasteiger partial charge is 0.339 e. The molecule has 24 heavy (non-hydrogen) atoms. The van der Waals surface area contributed by atoms with Crippen molar-refractivity contribution in [2.24, 2.45) is 11.1 Å². The molecule has 0 aromatic heterocycles. The van der Waals surface area contributed by atoms with Gasteiger partial charge in [0, 0.05) is 5.92 Å². The topological polar surface area (TPSA) is 38.7 Å². The Kier molecular flexibility index (Phi) is 7.93. The molecule has 0 aliphatic heterocycles. The minimum Gasteiger partial charge on any atom is -0.318 e. The highest BCUT2D eigenvalue weighted by Crippen LogP contribution is 2.28. The molecule has 0 N–H and O–H groups in total. The van der Waals surface area contributed by atoms with E-state index in [1.165, 1.54) is 38.2 Å².